The number of hydrogen-bond acceptors (Lipinski definition) is 5. The van der Waals surface area contributed by atoms with Crippen molar-refractivity contribution < 1.29 is 23.9 Å². The van der Waals surface area contributed by atoms with Crippen LogP contribution in [0.25, 0.3) is 0 Å². The average Bonchev–Trinajstić information content (AvgIpc) is 2.83. The lowest BCUT2D eigenvalue weighted by Crippen LogP contribution is -2.33. The standard InChI is InChI=1S/C26H26N2O5/c1-17-9-10-18(2)22(15-17)28-26(31)24(19-7-5-4-6-8-19)33-23(29)16-27-25(30)20-11-13-21(32-3)14-12-20/h4-15,24H,16H2,1-3H3,(H,27,30)(H,28,31)/t24-/m0/s1. The molecule has 33 heavy (non-hydrogen) atoms. The van der Waals surface area contributed by atoms with Crippen LogP contribution in [0.5, 0.6) is 5.75 Å². The number of carbonyl (C=O) groups is 3. The van der Waals surface area contributed by atoms with Crippen molar-refractivity contribution in [2.24, 2.45) is 0 Å². The van der Waals surface area contributed by atoms with Crippen LogP contribution in [0.2, 0.25) is 0 Å². The third kappa shape index (κ3) is 6.43. The Labute approximate surface area is 192 Å². The maximum atomic E-state index is 13.0. The number of anilines is 1. The summed E-state index contributed by atoms with van der Waals surface area (Å²) >= 11 is 0. The topological polar surface area (TPSA) is 93.7 Å². The predicted molar refractivity (Wildman–Crippen MR) is 125 cm³/mol. The van der Waals surface area contributed by atoms with Crippen LogP contribution >= 0.6 is 0 Å². The van der Waals surface area contributed by atoms with Gasteiger partial charge in [0.05, 0.1) is 7.11 Å². The van der Waals surface area contributed by atoms with E-state index >= 15 is 0 Å². The van der Waals surface area contributed by atoms with Crippen LogP contribution < -0.4 is 15.4 Å². The molecule has 0 unspecified atom stereocenters. The van der Waals surface area contributed by atoms with Gasteiger partial charge in [-0.1, -0.05) is 42.5 Å². The van der Waals surface area contributed by atoms with E-state index in [1.165, 1.54) is 7.11 Å². The number of carbonyl (C=O) groups excluding carboxylic acids is 3. The SMILES string of the molecule is COc1ccc(C(=O)NCC(=O)O[C@H](C(=O)Nc2cc(C)ccc2C)c2ccccc2)cc1. The number of aryl methyl sites for hydroxylation is 2. The van der Waals surface area contributed by atoms with E-state index < -0.39 is 23.9 Å². The molecule has 170 valence electrons. The maximum Gasteiger partial charge on any atom is 0.326 e. The quantitative estimate of drug-likeness (QED) is 0.511. The van der Waals surface area contributed by atoms with Crippen LogP contribution in [0, 0.1) is 13.8 Å². The molecule has 2 amide bonds. The molecule has 1 atom stereocenters. The summed E-state index contributed by atoms with van der Waals surface area (Å²) in [7, 11) is 1.53. The number of esters is 1. The molecule has 3 aromatic rings. The molecule has 0 bridgehead atoms. The highest BCUT2D eigenvalue weighted by Crippen LogP contribution is 2.22. The second-order valence-corrected chi connectivity index (χ2v) is 7.50. The van der Waals surface area contributed by atoms with Gasteiger partial charge in [0, 0.05) is 16.8 Å². The highest BCUT2D eigenvalue weighted by molar-refractivity contribution is 5.98. The van der Waals surface area contributed by atoms with E-state index in [0.29, 0.717) is 22.6 Å². The molecule has 0 aliphatic heterocycles. The summed E-state index contributed by atoms with van der Waals surface area (Å²) in [5.74, 6) is -1.04. The van der Waals surface area contributed by atoms with Crippen molar-refractivity contribution in [1.29, 1.82) is 0 Å². The summed E-state index contributed by atoms with van der Waals surface area (Å²) in [6.07, 6.45) is -1.17. The number of amides is 2. The van der Waals surface area contributed by atoms with Gasteiger partial charge in [0.1, 0.15) is 12.3 Å². The monoisotopic (exact) mass is 446 g/mol. The third-order valence-corrected chi connectivity index (χ3v) is 4.99. The predicted octanol–water partition coefficient (Wildman–Crippen LogP) is 3.97. The van der Waals surface area contributed by atoms with Gasteiger partial charge in [0.2, 0.25) is 6.10 Å². The van der Waals surface area contributed by atoms with Crippen molar-refractivity contribution in [1.82, 2.24) is 5.32 Å². The third-order valence-electron chi connectivity index (χ3n) is 4.99. The highest BCUT2D eigenvalue weighted by atomic mass is 16.5. The molecule has 0 fully saturated rings. The van der Waals surface area contributed by atoms with Crippen molar-refractivity contribution in [3.05, 3.63) is 95.1 Å². The Bertz CT molecular complexity index is 1130. The van der Waals surface area contributed by atoms with Crippen LogP contribution in [0.15, 0.2) is 72.8 Å². The summed E-state index contributed by atoms with van der Waals surface area (Å²) in [6.45, 7) is 3.42. The lowest BCUT2D eigenvalue weighted by molar-refractivity contribution is -0.153. The molecule has 0 spiro atoms. The van der Waals surface area contributed by atoms with Gasteiger partial charge >= 0.3 is 5.97 Å². The Hall–Kier alpha value is -4.13. The summed E-state index contributed by atoms with van der Waals surface area (Å²) in [4.78, 5) is 37.9. The molecule has 0 saturated heterocycles. The molecule has 3 rings (SSSR count). The first-order chi connectivity index (χ1) is 15.9. The van der Waals surface area contributed by atoms with E-state index in [2.05, 4.69) is 10.6 Å². The van der Waals surface area contributed by atoms with Crippen LogP contribution in [-0.4, -0.2) is 31.4 Å². The molecule has 3 aromatic carbocycles. The van der Waals surface area contributed by atoms with E-state index in [1.54, 1.807) is 54.6 Å². The number of benzene rings is 3. The maximum absolute atomic E-state index is 13.0. The summed E-state index contributed by atoms with van der Waals surface area (Å²) in [6, 6.07) is 20.9. The van der Waals surface area contributed by atoms with Gasteiger partial charge in [0.15, 0.2) is 0 Å². The largest absolute Gasteiger partial charge is 0.497 e. The molecular weight excluding hydrogens is 420 g/mol. The van der Waals surface area contributed by atoms with E-state index in [0.717, 1.165) is 11.1 Å². The van der Waals surface area contributed by atoms with Gasteiger partial charge in [-0.15, -0.1) is 0 Å². The van der Waals surface area contributed by atoms with E-state index in [1.807, 2.05) is 32.0 Å². The number of ether oxygens (including phenoxy) is 2. The zero-order chi connectivity index (χ0) is 23.8. The number of nitrogens with one attached hydrogen (secondary N) is 2. The van der Waals surface area contributed by atoms with E-state index in [-0.39, 0.29) is 6.54 Å². The summed E-state index contributed by atoms with van der Waals surface area (Å²) in [5.41, 5.74) is 3.42. The van der Waals surface area contributed by atoms with Crippen molar-refractivity contribution in [3.63, 3.8) is 0 Å². The molecule has 0 radical (unpaired) electrons. The Morgan fingerprint density at radius 1 is 0.909 bits per heavy atom. The first-order valence-corrected chi connectivity index (χ1v) is 10.4. The minimum Gasteiger partial charge on any atom is -0.497 e. The number of rotatable bonds is 8. The van der Waals surface area contributed by atoms with E-state index in [9.17, 15) is 14.4 Å². The Morgan fingerprint density at radius 3 is 2.27 bits per heavy atom. The molecule has 0 aliphatic carbocycles. The lowest BCUT2D eigenvalue weighted by atomic mass is 10.1. The van der Waals surface area contributed by atoms with Crippen molar-refractivity contribution >= 4 is 23.5 Å². The van der Waals surface area contributed by atoms with Crippen molar-refractivity contribution in [2.45, 2.75) is 20.0 Å². The second kappa shape index (κ2) is 10.9. The Kier molecular flexibility index (Phi) is 7.81. The van der Waals surface area contributed by atoms with Crippen molar-refractivity contribution in [2.75, 3.05) is 19.0 Å². The fourth-order valence-corrected chi connectivity index (χ4v) is 3.14. The van der Waals surface area contributed by atoms with Crippen LogP contribution in [0.1, 0.15) is 33.2 Å². The Balaban J connectivity index is 1.68. The van der Waals surface area contributed by atoms with Gasteiger partial charge < -0.3 is 20.1 Å². The van der Waals surface area contributed by atoms with Crippen molar-refractivity contribution in [3.8, 4) is 5.75 Å². The second-order valence-electron chi connectivity index (χ2n) is 7.50. The number of hydrogen-bond donors (Lipinski definition) is 2. The molecule has 0 aliphatic rings. The highest BCUT2D eigenvalue weighted by Gasteiger charge is 2.25. The first-order valence-electron chi connectivity index (χ1n) is 10.4. The van der Waals surface area contributed by atoms with Gasteiger partial charge in [0.25, 0.3) is 11.8 Å². The summed E-state index contributed by atoms with van der Waals surface area (Å²) in [5, 5.41) is 5.35. The van der Waals surface area contributed by atoms with Crippen LogP contribution in [0.3, 0.4) is 0 Å². The fourth-order valence-electron chi connectivity index (χ4n) is 3.14. The molecule has 0 saturated carbocycles. The molecule has 0 heterocycles. The molecule has 2 N–H and O–H groups in total. The minimum atomic E-state index is -1.17. The van der Waals surface area contributed by atoms with Gasteiger partial charge in [-0.25, -0.2) is 0 Å². The molecule has 7 nitrogen and oxygen atoms in total. The zero-order valence-corrected chi connectivity index (χ0v) is 18.8. The fraction of sp³-hybridized carbons (Fsp3) is 0.192. The molecular formula is C26H26N2O5. The first kappa shape index (κ1) is 23.5. The van der Waals surface area contributed by atoms with Gasteiger partial charge in [-0.05, 0) is 55.3 Å². The zero-order valence-electron chi connectivity index (χ0n) is 18.8. The van der Waals surface area contributed by atoms with Gasteiger partial charge in [-0.3, -0.25) is 14.4 Å². The van der Waals surface area contributed by atoms with Gasteiger partial charge in [-0.2, -0.15) is 0 Å². The number of methoxy groups -OCH3 is 1. The summed E-state index contributed by atoms with van der Waals surface area (Å²) < 4.78 is 10.5. The van der Waals surface area contributed by atoms with E-state index in [4.69, 9.17) is 9.47 Å². The average molecular weight is 447 g/mol. The smallest absolute Gasteiger partial charge is 0.326 e. The lowest BCUT2D eigenvalue weighted by Gasteiger charge is -2.19. The molecule has 7 heteroatoms. The van der Waals surface area contributed by atoms with Crippen LogP contribution in [-0.2, 0) is 14.3 Å². The normalized spacial score (nSPS) is 11.2. The van der Waals surface area contributed by atoms with Crippen LogP contribution in [0.4, 0.5) is 5.69 Å². The minimum absolute atomic E-state index is 0.371. The Morgan fingerprint density at radius 2 is 1.61 bits per heavy atom. The molecule has 0 aromatic heterocycles.